The number of hydrogen-bond acceptors (Lipinski definition) is 6. The van der Waals surface area contributed by atoms with Crippen LogP contribution in [0, 0.1) is 0 Å². The topological polar surface area (TPSA) is 84.4 Å². The Hall–Kier alpha value is -2.66. The van der Waals surface area contributed by atoms with Crippen LogP contribution in [0.1, 0.15) is 18.4 Å². The summed E-state index contributed by atoms with van der Waals surface area (Å²) >= 11 is 3.18. The van der Waals surface area contributed by atoms with Crippen molar-refractivity contribution < 1.29 is 26.8 Å². The first kappa shape index (κ1) is 21.1. The first-order chi connectivity index (χ1) is 13.8. The quantitative estimate of drug-likeness (QED) is 0.542. The lowest BCUT2D eigenvalue weighted by Gasteiger charge is -2.19. The van der Waals surface area contributed by atoms with Gasteiger partial charge in [-0.25, -0.2) is 0 Å². The Morgan fingerprint density at radius 2 is 1.93 bits per heavy atom. The molecule has 11 heteroatoms. The van der Waals surface area contributed by atoms with Crippen LogP contribution >= 0.6 is 15.9 Å². The van der Waals surface area contributed by atoms with E-state index in [1.54, 1.807) is 24.0 Å². The molecule has 154 valence electrons. The molecule has 0 spiro atoms. The molecule has 0 fully saturated rings. The van der Waals surface area contributed by atoms with Crippen LogP contribution in [0.4, 0.5) is 18.9 Å². The van der Waals surface area contributed by atoms with E-state index in [0.29, 0.717) is 17.0 Å². The van der Waals surface area contributed by atoms with E-state index in [1.807, 2.05) is 0 Å². The second kappa shape index (κ2) is 8.78. The van der Waals surface area contributed by atoms with Gasteiger partial charge in [0.05, 0.1) is 24.3 Å². The summed E-state index contributed by atoms with van der Waals surface area (Å²) < 4.78 is 50.5. The number of nitrogens with one attached hydrogen (secondary N) is 1. The third kappa shape index (κ3) is 5.45. The van der Waals surface area contributed by atoms with Crippen molar-refractivity contribution in [3.8, 4) is 11.7 Å². The van der Waals surface area contributed by atoms with Gasteiger partial charge in [-0.2, -0.15) is 13.2 Å². The fraction of sp³-hybridized carbons (Fsp3) is 0.278. The minimum Gasteiger partial charge on any atom is -0.444 e. The van der Waals surface area contributed by atoms with Crippen LogP contribution in [-0.2, 0) is 17.5 Å². The maximum Gasteiger partial charge on any atom is 0.418 e. The van der Waals surface area contributed by atoms with Gasteiger partial charge in [-0.3, -0.25) is 9.69 Å². The lowest BCUT2D eigenvalue weighted by Crippen LogP contribution is -2.33. The predicted octanol–water partition coefficient (Wildman–Crippen LogP) is 4.57. The Labute approximate surface area is 172 Å². The molecule has 1 aromatic carbocycles. The van der Waals surface area contributed by atoms with Crippen molar-refractivity contribution in [3.63, 3.8) is 0 Å². The number of para-hydroxylation sites is 1. The molecule has 2 heterocycles. The predicted molar refractivity (Wildman–Crippen MR) is 101 cm³/mol. The van der Waals surface area contributed by atoms with E-state index >= 15 is 0 Å². The molecule has 0 aliphatic heterocycles. The van der Waals surface area contributed by atoms with Crippen molar-refractivity contribution in [2.75, 3.05) is 18.4 Å². The molecule has 7 nitrogen and oxygen atoms in total. The Balaban J connectivity index is 1.63. The maximum absolute atomic E-state index is 13.1. The van der Waals surface area contributed by atoms with Gasteiger partial charge in [-0.1, -0.05) is 19.1 Å². The van der Waals surface area contributed by atoms with E-state index in [4.69, 9.17) is 8.83 Å². The second-order valence-electron chi connectivity index (χ2n) is 6.00. The highest BCUT2D eigenvalue weighted by Gasteiger charge is 2.33. The summed E-state index contributed by atoms with van der Waals surface area (Å²) in [7, 11) is 0. The Kier molecular flexibility index (Phi) is 6.38. The molecular formula is C18H16BrF3N4O3. The number of carbonyl (C=O) groups is 1. The van der Waals surface area contributed by atoms with Gasteiger partial charge >= 0.3 is 6.18 Å². The van der Waals surface area contributed by atoms with Crippen molar-refractivity contribution in [2.45, 2.75) is 19.6 Å². The highest BCUT2D eigenvalue weighted by molar-refractivity contribution is 9.10. The number of nitrogens with zero attached hydrogens (tertiary/aromatic N) is 3. The molecule has 1 amide bonds. The van der Waals surface area contributed by atoms with Crippen LogP contribution < -0.4 is 5.32 Å². The Morgan fingerprint density at radius 1 is 1.17 bits per heavy atom. The summed E-state index contributed by atoms with van der Waals surface area (Å²) in [6, 6.07) is 8.16. The maximum atomic E-state index is 13.1. The third-order valence-electron chi connectivity index (χ3n) is 3.93. The number of aromatic nitrogens is 2. The number of benzene rings is 1. The molecule has 0 atom stereocenters. The second-order valence-corrected chi connectivity index (χ2v) is 6.78. The summed E-state index contributed by atoms with van der Waals surface area (Å²) in [5.41, 5.74) is -1.19. The molecule has 3 aromatic rings. The average Bonchev–Trinajstić information content (AvgIpc) is 3.29. The van der Waals surface area contributed by atoms with Crippen LogP contribution in [0.25, 0.3) is 11.7 Å². The van der Waals surface area contributed by atoms with Crippen molar-refractivity contribution in [2.24, 2.45) is 0 Å². The van der Waals surface area contributed by atoms with Crippen LogP contribution in [0.3, 0.4) is 0 Å². The molecule has 0 unspecified atom stereocenters. The molecule has 0 radical (unpaired) electrons. The van der Waals surface area contributed by atoms with Crippen molar-refractivity contribution in [1.82, 2.24) is 15.1 Å². The Bertz CT molecular complexity index is 987. The Morgan fingerprint density at radius 3 is 2.59 bits per heavy atom. The summed E-state index contributed by atoms with van der Waals surface area (Å²) in [6.07, 6.45) is -4.56. The van der Waals surface area contributed by atoms with E-state index in [9.17, 15) is 18.0 Å². The molecule has 1 N–H and O–H groups in total. The molecule has 29 heavy (non-hydrogen) atoms. The fourth-order valence-electron chi connectivity index (χ4n) is 2.55. The molecule has 0 aliphatic rings. The van der Waals surface area contributed by atoms with E-state index in [0.717, 1.165) is 6.07 Å². The number of hydrogen-bond donors (Lipinski definition) is 1. The number of alkyl halides is 3. The van der Waals surface area contributed by atoms with Gasteiger partial charge in [-0.05, 0) is 46.7 Å². The molecule has 2 aromatic heterocycles. The number of carbonyl (C=O) groups excluding carboxylic acids is 1. The molecule has 0 saturated heterocycles. The van der Waals surface area contributed by atoms with E-state index in [1.165, 1.54) is 18.2 Å². The fourth-order valence-corrected chi connectivity index (χ4v) is 2.86. The largest absolute Gasteiger partial charge is 0.444 e. The number of anilines is 1. The van der Waals surface area contributed by atoms with Gasteiger partial charge in [0.1, 0.15) is 0 Å². The average molecular weight is 473 g/mol. The highest BCUT2D eigenvalue weighted by Crippen LogP contribution is 2.34. The zero-order valence-electron chi connectivity index (χ0n) is 15.2. The zero-order valence-corrected chi connectivity index (χ0v) is 16.7. The van der Waals surface area contributed by atoms with Gasteiger partial charge in [0, 0.05) is 0 Å². The number of likely N-dealkylation sites (N-methyl/N-ethyl adjacent to an activating group) is 1. The van der Waals surface area contributed by atoms with Crippen molar-refractivity contribution in [3.05, 3.63) is 52.5 Å². The van der Waals surface area contributed by atoms with Gasteiger partial charge in [-0.15, -0.1) is 10.2 Å². The SMILES string of the molecule is CCN(CC(=O)Nc1ccccc1C(F)(F)F)Cc1nnc(-c2ccc(Br)o2)o1. The van der Waals surface area contributed by atoms with Crippen LogP contribution in [0.15, 0.2) is 49.9 Å². The minimum atomic E-state index is -4.56. The smallest absolute Gasteiger partial charge is 0.418 e. The molecular weight excluding hydrogens is 457 g/mol. The molecule has 0 bridgehead atoms. The lowest BCUT2D eigenvalue weighted by molar-refractivity contribution is -0.137. The third-order valence-corrected chi connectivity index (χ3v) is 4.36. The van der Waals surface area contributed by atoms with Crippen LogP contribution in [0.2, 0.25) is 0 Å². The summed E-state index contributed by atoms with van der Waals surface area (Å²) in [5, 5.41) is 10.1. The van der Waals surface area contributed by atoms with Gasteiger partial charge in [0.15, 0.2) is 10.4 Å². The highest BCUT2D eigenvalue weighted by atomic mass is 79.9. The van der Waals surface area contributed by atoms with Gasteiger partial charge in [0.25, 0.3) is 5.89 Å². The number of rotatable bonds is 7. The summed E-state index contributed by atoms with van der Waals surface area (Å²) in [4.78, 5) is 13.9. The molecule has 3 rings (SSSR count). The van der Waals surface area contributed by atoms with Crippen LogP contribution in [-0.4, -0.2) is 34.1 Å². The number of halogens is 4. The summed E-state index contributed by atoms with van der Waals surface area (Å²) in [6.45, 7) is 2.25. The molecule has 0 aliphatic carbocycles. The van der Waals surface area contributed by atoms with Crippen molar-refractivity contribution in [1.29, 1.82) is 0 Å². The van der Waals surface area contributed by atoms with E-state index in [2.05, 4.69) is 31.4 Å². The number of furan rings is 1. The van der Waals surface area contributed by atoms with Crippen molar-refractivity contribution >= 4 is 27.5 Å². The normalized spacial score (nSPS) is 11.8. The van der Waals surface area contributed by atoms with Crippen LogP contribution in [0.5, 0.6) is 0 Å². The number of amides is 1. The molecule has 0 saturated carbocycles. The van der Waals surface area contributed by atoms with Gasteiger partial charge in [0.2, 0.25) is 11.8 Å². The van der Waals surface area contributed by atoms with E-state index < -0.39 is 17.6 Å². The first-order valence-corrected chi connectivity index (χ1v) is 9.32. The standard InChI is InChI=1S/C18H16BrF3N4O3/c1-2-26(10-16-24-25-17(29-16)13-7-8-14(19)28-13)9-15(27)23-12-6-4-3-5-11(12)18(20,21)22/h3-8H,2,9-10H2,1H3,(H,23,27). The lowest BCUT2D eigenvalue weighted by atomic mass is 10.1. The zero-order chi connectivity index (χ0) is 21.0. The minimum absolute atomic E-state index is 0.146. The summed E-state index contributed by atoms with van der Waals surface area (Å²) in [5.74, 6) is 0.238. The van der Waals surface area contributed by atoms with E-state index in [-0.39, 0.29) is 30.6 Å². The van der Waals surface area contributed by atoms with Gasteiger partial charge < -0.3 is 14.2 Å². The first-order valence-electron chi connectivity index (χ1n) is 8.52. The monoisotopic (exact) mass is 472 g/mol.